The number of aromatic hydroxyl groups is 1. The number of halogens is 5. The molecular weight excluding hydrogens is 425 g/mol. The second kappa shape index (κ2) is 8.17. The van der Waals surface area contributed by atoms with Gasteiger partial charge in [0.05, 0.1) is 11.1 Å². The molecule has 0 saturated heterocycles. The van der Waals surface area contributed by atoms with Crippen LogP contribution in [0.5, 0.6) is 5.75 Å². The molecule has 1 amide bonds. The fourth-order valence-corrected chi connectivity index (χ4v) is 2.76. The average Bonchev–Trinajstić information content (AvgIpc) is 2.71. The van der Waals surface area contributed by atoms with Crippen molar-refractivity contribution < 1.29 is 31.9 Å². The summed E-state index contributed by atoms with van der Waals surface area (Å²) in [5.41, 5.74) is -3.14. The minimum absolute atomic E-state index is 0.253. The lowest BCUT2D eigenvalue weighted by molar-refractivity contribution is -0.137. The first kappa shape index (κ1) is 21.9. The van der Waals surface area contributed by atoms with Crippen molar-refractivity contribution in [2.45, 2.75) is 12.7 Å². The van der Waals surface area contributed by atoms with Gasteiger partial charge in [0.25, 0.3) is 11.5 Å². The molecule has 1 aromatic heterocycles. The normalized spacial score (nSPS) is 11.4. The van der Waals surface area contributed by atoms with Gasteiger partial charge in [0.15, 0.2) is 5.69 Å². The lowest BCUT2D eigenvalue weighted by Gasteiger charge is -2.13. The van der Waals surface area contributed by atoms with E-state index in [4.69, 9.17) is 0 Å². The smallest absolute Gasteiger partial charge is 0.416 e. The van der Waals surface area contributed by atoms with E-state index in [1.165, 1.54) is 0 Å². The van der Waals surface area contributed by atoms with E-state index in [9.17, 15) is 36.6 Å². The number of carbonyl (C=O) groups is 1. The van der Waals surface area contributed by atoms with Crippen LogP contribution in [0.2, 0.25) is 0 Å². The van der Waals surface area contributed by atoms with Crippen LogP contribution in [0.25, 0.3) is 11.4 Å². The van der Waals surface area contributed by atoms with Crippen molar-refractivity contribution >= 4 is 5.91 Å². The summed E-state index contributed by atoms with van der Waals surface area (Å²) in [7, 11) is 1.11. The molecule has 0 radical (unpaired) electrons. The zero-order chi connectivity index (χ0) is 22.9. The predicted molar refractivity (Wildman–Crippen MR) is 99.1 cm³/mol. The Kier molecular flexibility index (Phi) is 5.78. The van der Waals surface area contributed by atoms with Crippen LogP contribution < -0.4 is 10.9 Å². The SMILES string of the molecule is Cn1c(-c2c(F)cccc2F)nc(C(=O)NCc2ccc(C(F)(F)F)cc2)c(O)c1=O. The molecule has 3 rings (SSSR count). The molecule has 0 aliphatic carbocycles. The minimum Gasteiger partial charge on any atom is -0.501 e. The molecule has 0 saturated carbocycles. The molecule has 0 fully saturated rings. The Labute approximate surface area is 171 Å². The molecule has 162 valence electrons. The highest BCUT2D eigenvalue weighted by Gasteiger charge is 2.30. The Hall–Kier alpha value is -3.76. The summed E-state index contributed by atoms with van der Waals surface area (Å²) in [6.07, 6.45) is -4.51. The largest absolute Gasteiger partial charge is 0.501 e. The Morgan fingerprint density at radius 3 is 2.23 bits per heavy atom. The van der Waals surface area contributed by atoms with E-state index in [1.54, 1.807) is 0 Å². The molecular formula is C20H14F5N3O3. The monoisotopic (exact) mass is 439 g/mol. The number of hydrogen-bond donors (Lipinski definition) is 2. The van der Waals surface area contributed by atoms with Crippen molar-refractivity contribution in [2.24, 2.45) is 7.05 Å². The molecule has 0 aliphatic rings. The van der Waals surface area contributed by atoms with Gasteiger partial charge in [-0.25, -0.2) is 13.8 Å². The minimum atomic E-state index is -4.51. The highest BCUT2D eigenvalue weighted by atomic mass is 19.4. The number of aromatic nitrogens is 2. The Morgan fingerprint density at radius 2 is 1.68 bits per heavy atom. The zero-order valence-electron chi connectivity index (χ0n) is 15.8. The van der Waals surface area contributed by atoms with Gasteiger partial charge in [0.2, 0.25) is 5.75 Å². The van der Waals surface area contributed by atoms with Crippen LogP contribution in [-0.2, 0) is 19.8 Å². The average molecular weight is 439 g/mol. The van der Waals surface area contributed by atoms with Crippen molar-refractivity contribution in [1.82, 2.24) is 14.9 Å². The van der Waals surface area contributed by atoms with Crippen molar-refractivity contribution in [3.05, 3.63) is 81.3 Å². The van der Waals surface area contributed by atoms with Crippen molar-refractivity contribution in [2.75, 3.05) is 0 Å². The molecule has 0 unspecified atom stereocenters. The first-order chi connectivity index (χ1) is 14.5. The third-order valence-corrected chi connectivity index (χ3v) is 4.40. The van der Waals surface area contributed by atoms with Crippen LogP contribution in [0, 0.1) is 11.6 Å². The van der Waals surface area contributed by atoms with Crippen LogP contribution in [0.1, 0.15) is 21.6 Å². The van der Waals surface area contributed by atoms with E-state index in [2.05, 4.69) is 10.3 Å². The first-order valence-electron chi connectivity index (χ1n) is 8.69. The summed E-state index contributed by atoms with van der Waals surface area (Å²) in [6, 6.07) is 6.90. The standard InChI is InChI=1S/C20H14F5N3O3/c1-28-17(14-12(21)3-2-4-13(14)22)27-15(16(29)19(28)31)18(30)26-9-10-5-7-11(8-6-10)20(23,24)25/h2-8,29H,9H2,1H3,(H,26,30). The van der Waals surface area contributed by atoms with Gasteiger partial charge in [-0.15, -0.1) is 0 Å². The summed E-state index contributed by atoms with van der Waals surface area (Å²) in [5, 5.41) is 12.3. The lowest BCUT2D eigenvalue weighted by atomic mass is 10.1. The molecule has 0 bridgehead atoms. The van der Waals surface area contributed by atoms with E-state index in [-0.39, 0.29) is 6.54 Å². The van der Waals surface area contributed by atoms with Crippen molar-refractivity contribution in [3.8, 4) is 17.1 Å². The van der Waals surface area contributed by atoms with Crippen LogP contribution in [0.15, 0.2) is 47.3 Å². The third-order valence-electron chi connectivity index (χ3n) is 4.40. The number of nitrogens with one attached hydrogen (secondary N) is 1. The molecule has 3 aromatic rings. The fourth-order valence-electron chi connectivity index (χ4n) is 2.76. The highest BCUT2D eigenvalue weighted by Crippen LogP contribution is 2.29. The lowest BCUT2D eigenvalue weighted by Crippen LogP contribution is -2.29. The number of benzene rings is 2. The fraction of sp³-hybridized carbons (Fsp3) is 0.150. The number of carbonyl (C=O) groups excluding carboxylic acids is 1. The van der Waals surface area contributed by atoms with Gasteiger partial charge in [-0.3, -0.25) is 14.2 Å². The predicted octanol–water partition coefficient (Wildman–Crippen LogP) is 3.38. The maximum absolute atomic E-state index is 14.1. The summed E-state index contributed by atoms with van der Waals surface area (Å²) in [5.74, 6) is -4.72. The van der Waals surface area contributed by atoms with Gasteiger partial charge in [-0.05, 0) is 29.8 Å². The van der Waals surface area contributed by atoms with Gasteiger partial charge < -0.3 is 10.4 Å². The van der Waals surface area contributed by atoms with Crippen molar-refractivity contribution in [3.63, 3.8) is 0 Å². The van der Waals surface area contributed by atoms with E-state index in [0.29, 0.717) is 10.1 Å². The Balaban J connectivity index is 1.91. The molecule has 1 heterocycles. The molecule has 31 heavy (non-hydrogen) atoms. The molecule has 0 aliphatic heterocycles. The molecule has 11 heteroatoms. The quantitative estimate of drug-likeness (QED) is 0.611. The summed E-state index contributed by atoms with van der Waals surface area (Å²) >= 11 is 0. The molecule has 2 N–H and O–H groups in total. The summed E-state index contributed by atoms with van der Waals surface area (Å²) < 4.78 is 66.8. The molecule has 6 nitrogen and oxygen atoms in total. The maximum Gasteiger partial charge on any atom is 0.416 e. The van der Waals surface area contributed by atoms with Crippen LogP contribution >= 0.6 is 0 Å². The van der Waals surface area contributed by atoms with Crippen LogP contribution in [0.3, 0.4) is 0 Å². The molecule has 0 spiro atoms. The molecule has 0 atom stereocenters. The number of amides is 1. The van der Waals surface area contributed by atoms with Gasteiger partial charge >= 0.3 is 6.18 Å². The second-order valence-electron chi connectivity index (χ2n) is 6.47. The number of nitrogens with zero attached hydrogens (tertiary/aromatic N) is 2. The summed E-state index contributed by atoms with van der Waals surface area (Å²) in [4.78, 5) is 28.4. The topological polar surface area (TPSA) is 84.2 Å². The highest BCUT2D eigenvalue weighted by molar-refractivity contribution is 5.95. The van der Waals surface area contributed by atoms with Gasteiger partial charge in [0.1, 0.15) is 17.5 Å². The number of alkyl halides is 3. The second-order valence-corrected chi connectivity index (χ2v) is 6.47. The van der Waals surface area contributed by atoms with E-state index >= 15 is 0 Å². The summed E-state index contributed by atoms with van der Waals surface area (Å²) in [6.45, 7) is -0.253. The van der Waals surface area contributed by atoms with E-state index in [0.717, 1.165) is 49.5 Å². The zero-order valence-corrected chi connectivity index (χ0v) is 15.8. The Bertz CT molecular complexity index is 1180. The van der Waals surface area contributed by atoms with Gasteiger partial charge in [0, 0.05) is 13.6 Å². The maximum atomic E-state index is 14.1. The van der Waals surface area contributed by atoms with Crippen LogP contribution in [-0.4, -0.2) is 20.6 Å². The Morgan fingerprint density at radius 1 is 1.10 bits per heavy atom. The van der Waals surface area contributed by atoms with E-state index in [1.807, 2.05) is 0 Å². The molecule has 2 aromatic carbocycles. The third kappa shape index (κ3) is 4.39. The number of rotatable bonds is 4. The number of hydrogen-bond acceptors (Lipinski definition) is 4. The van der Waals surface area contributed by atoms with Gasteiger partial charge in [-0.1, -0.05) is 18.2 Å². The first-order valence-corrected chi connectivity index (χ1v) is 8.69. The van der Waals surface area contributed by atoms with Crippen molar-refractivity contribution in [1.29, 1.82) is 0 Å². The van der Waals surface area contributed by atoms with Gasteiger partial charge in [-0.2, -0.15) is 13.2 Å². The van der Waals surface area contributed by atoms with Crippen LogP contribution in [0.4, 0.5) is 22.0 Å². The van der Waals surface area contributed by atoms with E-state index < -0.39 is 57.7 Å².